The van der Waals surface area contributed by atoms with Crippen molar-refractivity contribution in [1.29, 1.82) is 0 Å². The third-order valence-corrected chi connectivity index (χ3v) is 4.89. The molecule has 5 nitrogen and oxygen atoms in total. The van der Waals surface area contributed by atoms with Crippen molar-refractivity contribution in [2.75, 3.05) is 13.1 Å². The van der Waals surface area contributed by atoms with E-state index in [1.54, 1.807) is 12.1 Å². The lowest BCUT2D eigenvalue weighted by Crippen LogP contribution is -2.38. The maximum Gasteiger partial charge on any atom is 0.273 e. The Morgan fingerprint density at radius 2 is 2.25 bits per heavy atom. The summed E-state index contributed by atoms with van der Waals surface area (Å²) in [6.45, 7) is 2.92. The number of halogens is 1. The molecule has 2 fully saturated rings. The second-order valence-electron chi connectivity index (χ2n) is 5.55. The molecule has 0 bridgehead atoms. The van der Waals surface area contributed by atoms with Crippen LogP contribution in [0.2, 0.25) is 0 Å². The molecule has 108 valence electrons. The van der Waals surface area contributed by atoms with Crippen LogP contribution in [0, 0.1) is 10.1 Å². The molecule has 2 aliphatic heterocycles. The van der Waals surface area contributed by atoms with Gasteiger partial charge in [0.05, 0.1) is 4.92 Å². The zero-order chi connectivity index (χ0) is 14.1. The first-order valence-corrected chi connectivity index (χ1v) is 7.85. The van der Waals surface area contributed by atoms with Crippen molar-refractivity contribution in [2.45, 2.75) is 37.9 Å². The molecule has 3 rings (SSSR count). The van der Waals surface area contributed by atoms with E-state index in [0.29, 0.717) is 18.6 Å². The predicted octanol–water partition coefficient (Wildman–Crippen LogP) is 2.68. The number of nitrogens with one attached hydrogen (secondary N) is 1. The van der Waals surface area contributed by atoms with E-state index in [4.69, 9.17) is 0 Å². The van der Waals surface area contributed by atoms with E-state index in [1.165, 1.54) is 19.4 Å². The fourth-order valence-electron chi connectivity index (χ4n) is 3.44. The average Bonchev–Trinajstić information content (AvgIpc) is 2.99. The first kappa shape index (κ1) is 14.0. The monoisotopic (exact) mass is 339 g/mol. The van der Waals surface area contributed by atoms with Crippen LogP contribution < -0.4 is 5.32 Å². The van der Waals surface area contributed by atoms with Crippen LogP contribution >= 0.6 is 15.9 Å². The fraction of sp³-hybridized carbons (Fsp3) is 0.571. The summed E-state index contributed by atoms with van der Waals surface area (Å²) in [5, 5.41) is 14.6. The van der Waals surface area contributed by atoms with E-state index < -0.39 is 0 Å². The molecule has 2 atom stereocenters. The second-order valence-corrected chi connectivity index (χ2v) is 6.47. The smallest absolute Gasteiger partial charge is 0.273 e. The van der Waals surface area contributed by atoms with Crippen LogP contribution in [-0.4, -0.2) is 35.0 Å². The van der Waals surface area contributed by atoms with Crippen molar-refractivity contribution in [3.63, 3.8) is 0 Å². The Balaban J connectivity index is 1.69. The summed E-state index contributed by atoms with van der Waals surface area (Å²) in [6.07, 6.45) is 3.67. The number of nitro benzene ring substituents is 1. The summed E-state index contributed by atoms with van der Waals surface area (Å²) >= 11 is 3.39. The van der Waals surface area contributed by atoms with Crippen LogP contribution in [0.4, 0.5) is 5.69 Å². The van der Waals surface area contributed by atoms with E-state index in [1.807, 2.05) is 6.07 Å². The number of nitro groups is 1. The maximum absolute atomic E-state index is 11.1. The summed E-state index contributed by atoms with van der Waals surface area (Å²) in [4.78, 5) is 13.3. The number of benzene rings is 1. The molecule has 1 aromatic carbocycles. The molecule has 2 saturated heterocycles. The van der Waals surface area contributed by atoms with Gasteiger partial charge < -0.3 is 5.32 Å². The predicted molar refractivity (Wildman–Crippen MR) is 80.6 cm³/mol. The van der Waals surface area contributed by atoms with Gasteiger partial charge in [-0.1, -0.05) is 15.9 Å². The molecule has 2 aliphatic rings. The van der Waals surface area contributed by atoms with Crippen molar-refractivity contribution < 1.29 is 4.92 Å². The van der Waals surface area contributed by atoms with Crippen LogP contribution in [0.25, 0.3) is 0 Å². The first-order chi connectivity index (χ1) is 9.65. The molecule has 2 heterocycles. The fourth-order valence-corrected chi connectivity index (χ4v) is 3.84. The van der Waals surface area contributed by atoms with Crippen molar-refractivity contribution in [3.05, 3.63) is 38.3 Å². The zero-order valence-electron chi connectivity index (χ0n) is 11.2. The van der Waals surface area contributed by atoms with Crippen molar-refractivity contribution in [2.24, 2.45) is 0 Å². The number of rotatable bonds is 4. The molecule has 1 aromatic rings. The minimum Gasteiger partial charge on any atom is -0.308 e. The Morgan fingerprint density at radius 3 is 3.05 bits per heavy atom. The van der Waals surface area contributed by atoms with Crippen molar-refractivity contribution in [1.82, 2.24) is 10.2 Å². The van der Waals surface area contributed by atoms with Crippen LogP contribution in [0.3, 0.4) is 0 Å². The van der Waals surface area contributed by atoms with Gasteiger partial charge in [0, 0.05) is 41.3 Å². The van der Waals surface area contributed by atoms with Gasteiger partial charge in [-0.05, 0) is 37.9 Å². The molecule has 6 heteroatoms. The lowest BCUT2D eigenvalue weighted by Gasteiger charge is -2.21. The van der Waals surface area contributed by atoms with E-state index in [0.717, 1.165) is 23.0 Å². The highest BCUT2D eigenvalue weighted by Crippen LogP contribution is 2.29. The Morgan fingerprint density at radius 1 is 1.40 bits per heavy atom. The Labute approximate surface area is 126 Å². The highest BCUT2D eigenvalue weighted by atomic mass is 79.9. The highest BCUT2D eigenvalue weighted by Gasteiger charge is 2.36. The number of nitrogens with zero attached hydrogens (tertiary/aromatic N) is 2. The summed E-state index contributed by atoms with van der Waals surface area (Å²) in [7, 11) is 0. The standard InChI is InChI=1S/C14H18BrN3O2/c15-11-3-4-13(18(19)20)10(8-11)9-16-12-5-7-17-6-1-2-14(12)17/h3-4,8,12,14,16H,1-2,5-7,9H2. The molecular weight excluding hydrogens is 322 g/mol. The van der Waals surface area contributed by atoms with Crippen LogP contribution in [0.5, 0.6) is 0 Å². The molecule has 2 unspecified atom stereocenters. The molecule has 0 aliphatic carbocycles. The van der Waals surface area contributed by atoms with Gasteiger partial charge >= 0.3 is 0 Å². The van der Waals surface area contributed by atoms with Gasteiger partial charge in [0.25, 0.3) is 5.69 Å². The van der Waals surface area contributed by atoms with Crippen LogP contribution in [0.1, 0.15) is 24.8 Å². The minimum absolute atomic E-state index is 0.196. The maximum atomic E-state index is 11.1. The lowest BCUT2D eigenvalue weighted by molar-refractivity contribution is -0.385. The van der Waals surface area contributed by atoms with Crippen molar-refractivity contribution >= 4 is 21.6 Å². The van der Waals surface area contributed by atoms with Gasteiger partial charge in [-0.15, -0.1) is 0 Å². The molecule has 0 radical (unpaired) electrons. The van der Waals surface area contributed by atoms with E-state index >= 15 is 0 Å². The van der Waals surface area contributed by atoms with Gasteiger partial charge in [-0.2, -0.15) is 0 Å². The van der Waals surface area contributed by atoms with E-state index in [-0.39, 0.29) is 10.6 Å². The van der Waals surface area contributed by atoms with Gasteiger partial charge in [-0.25, -0.2) is 0 Å². The van der Waals surface area contributed by atoms with Crippen LogP contribution in [-0.2, 0) is 6.54 Å². The van der Waals surface area contributed by atoms with Gasteiger partial charge in [0.15, 0.2) is 0 Å². The first-order valence-electron chi connectivity index (χ1n) is 7.05. The topological polar surface area (TPSA) is 58.4 Å². The van der Waals surface area contributed by atoms with Gasteiger partial charge in [0.1, 0.15) is 0 Å². The third kappa shape index (κ3) is 2.73. The molecule has 0 spiro atoms. The van der Waals surface area contributed by atoms with E-state index in [2.05, 4.69) is 26.1 Å². The van der Waals surface area contributed by atoms with Gasteiger partial charge in [-0.3, -0.25) is 15.0 Å². The largest absolute Gasteiger partial charge is 0.308 e. The molecule has 1 N–H and O–H groups in total. The minimum atomic E-state index is -0.306. The SMILES string of the molecule is O=[N+]([O-])c1ccc(Br)cc1CNC1CCN2CCCC12. The highest BCUT2D eigenvalue weighted by molar-refractivity contribution is 9.10. The summed E-state index contributed by atoms with van der Waals surface area (Å²) < 4.78 is 0.883. The van der Waals surface area contributed by atoms with Gasteiger partial charge in [0.2, 0.25) is 0 Å². The Hall–Kier alpha value is -0.980. The Bertz CT molecular complexity index is 523. The molecule has 20 heavy (non-hydrogen) atoms. The van der Waals surface area contributed by atoms with E-state index in [9.17, 15) is 10.1 Å². The molecular formula is C14H18BrN3O2. The Kier molecular flexibility index (Phi) is 4.05. The zero-order valence-corrected chi connectivity index (χ0v) is 12.8. The normalized spacial score (nSPS) is 25.9. The van der Waals surface area contributed by atoms with Crippen LogP contribution in [0.15, 0.2) is 22.7 Å². The molecule has 0 amide bonds. The third-order valence-electron chi connectivity index (χ3n) is 4.40. The summed E-state index contributed by atoms with van der Waals surface area (Å²) in [5.74, 6) is 0. The molecule has 0 aromatic heterocycles. The number of hydrogen-bond donors (Lipinski definition) is 1. The summed E-state index contributed by atoms with van der Waals surface area (Å²) in [5.41, 5.74) is 0.947. The van der Waals surface area contributed by atoms with Crippen molar-refractivity contribution in [3.8, 4) is 0 Å². The lowest BCUT2D eigenvalue weighted by atomic mass is 10.1. The molecule has 0 saturated carbocycles. The second kappa shape index (κ2) is 5.79. The quantitative estimate of drug-likeness (QED) is 0.676. The average molecular weight is 340 g/mol. The summed E-state index contributed by atoms with van der Waals surface area (Å²) in [6, 6.07) is 6.22. The number of hydrogen-bond acceptors (Lipinski definition) is 4. The number of fused-ring (bicyclic) bond motifs is 1.